The Morgan fingerprint density at radius 1 is 1.33 bits per heavy atom. The van der Waals surface area contributed by atoms with Gasteiger partial charge in [-0.2, -0.15) is 18.3 Å². The Bertz CT molecular complexity index is 577. The zero-order valence-corrected chi connectivity index (χ0v) is 8.85. The van der Waals surface area contributed by atoms with Crippen molar-refractivity contribution in [3.05, 3.63) is 41.9 Å². The van der Waals surface area contributed by atoms with Gasteiger partial charge in [-0.1, -0.05) is 6.07 Å². The number of carbonyl (C=O) groups is 1. The third-order valence-electron chi connectivity index (χ3n) is 2.12. The lowest BCUT2D eigenvalue weighted by atomic mass is 10.3. The smallest absolute Gasteiger partial charge is 0.364 e. The van der Waals surface area contributed by atoms with Crippen LogP contribution in [0.15, 0.2) is 30.5 Å². The highest BCUT2D eigenvalue weighted by molar-refractivity contribution is 5.91. The molecule has 0 saturated heterocycles. The molecule has 1 amide bonds. The number of carbonyl (C=O) groups excluding carboxylic acids is 1. The van der Waals surface area contributed by atoms with Crippen LogP contribution >= 0.6 is 0 Å². The molecule has 0 radical (unpaired) electrons. The van der Waals surface area contributed by atoms with E-state index in [0.717, 1.165) is 4.68 Å². The van der Waals surface area contributed by atoms with Gasteiger partial charge in [0.2, 0.25) is 0 Å². The maximum Gasteiger partial charge on any atom is 0.435 e. The van der Waals surface area contributed by atoms with Gasteiger partial charge in [-0.25, -0.2) is 9.67 Å². The standard InChI is InChI=1S/C10H7F3N4O/c11-10(12,13)7-5-6(9(14)18)17(16-7)8-3-1-2-4-15-8/h1-5H,(H2,14,18). The van der Waals surface area contributed by atoms with Crippen molar-refractivity contribution < 1.29 is 18.0 Å². The van der Waals surface area contributed by atoms with Crippen LogP contribution in [0.1, 0.15) is 16.2 Å². The number of alkyl halides is 3. The SMILES string of the molecule is NC(=O)c1cc(C(F)(F)F)nn1-c1ccccn1. The highest BCUT2D eigenvalue weighted by Crippen LogP contribution is 2.29. The van der Waals surface area contributed by atoms with Crippen LogP contribution in [0.3, 0.4) is 0 Å². The zero-order valence-electron chi connectivity index (χ0n) is 8.85. The molecule has 2 aromatic heterocycles. The fourth-order valence-corrected chi connectivity index (χ4v) is 1.35. The number of nitrogens with zero attached hydrogens (tertiary/aromatic N) is 3. The van der Waals surface area contributed by atoms with Gasteiger partial charge >= 0.3 is 6.18 Å². The number of pyridine rings is 1. The number of nitrogens with two attached hydrogens (primary N) is 1. The number of halogens is 3. The van der Waals surface area contributed by atoms with Gasteiger partial charge in [0.05, 0.1) is 0 Å². The van der Waals surface area contributed by atoms with E-state index in [4.69, 9.17) is 5.73 Å². The van der Waals surface area contributed by atoms with Crippen LogP contribution in [0, 0.1) is 0 Å². The van der Waals surface area contributed by atoms with E-state index in [-0.39, 0.29) is 11.5 Å². The molecule has 0 fully saturated rings. The van der Waals surface area contributed by atoms with Crippen molar-refractivity contribution in [1.82, 2.24) is 14.8 Å². The number of hydrogen-bond acceptors (Lipinski definition) is 3. The van der Waals surface area contributed by atoms with Crippen LogP contribution in [0.4, 0.5) is 13.2 Å². The highest BCUT2D eigenvalue weighted by atomic mass is 19.4. The molecular formula is C10H7F3N4O. The third kappa shape index (κ3) is 2.17. The van der Waals surface area contributed by atoms with Gasteiger partial charge in [-0.05, 0) is 12.1 Å². The Morgan fingerprint density at radius 3 is 2.56 bits per heavy atom. The van der Waals surface area contributed by atoms with Gasteiger partial charge in [0, 0.05) is 12.3 Å². The maximum atomic E-state index is 12.5. The molecule has 18 heavy (non-hydrogen) atoms. The van der Waals surface area contributed by atoms with Crippen LogP contribution in [-0.2, 0) is 6.18 Å². The molecule has 0 unspecified atom stereocenters. The van der Waals surface area contributed by atoms with E-state index in [2.05, 4.69) is 10.1 Å². The fourth-order valence-electron chi connectivity index (χ4n) is 1.35. The van der Waals surface area contributed by atoms with Gasteiger partial charge in [-0.3, -0.25) is 4.79 Å². The summed E-state index contributed by atoms with van der Waals surface area (Å²) in [5, 5.41) is 3.30. The average Bonchev–Trinajstić information content (AvgIpc) is 2.74. The molecule has 2 rings (SSSR count). The van der Waals surface area contributed by atoms with Crippen LogP contribution < -0.4 is 5.73 Å². The first kappa shape index (κ1) is 12.1. The lowest BCUT2D eigenvalue weighted by Crippen LogP contribution is -2.17. The largest absolute Gasteiger partial charge is 0.435 e. The first-order valence-corrected chi connectivity index (χ1v) is 4.78. The molecule has 0 aliphatic rings. The van der Waals surface area contributed by atoms with Crippen molar-refractivity contribution in [3.8, 4) is 5.82 Å². The van der Waals surface area contributed by atoms with Crippen molar-refractivity contribution in [2.45, 2.75) is 6.18 Å². The zero-order chi connectivity index (χ0) is 13.3. The van der Waals surface area contributed by atoms with Crippen molar-refractivity contribution in [1.29, 1.82) is 0 Å². The fraction of sp³-hybridized carbons (Fsp3) is 0.100. The lowest BCUT2D eigenvalue weighted by molar-refractivity contribution is -0.141. The van der Waals surface area contributed by atoms with Crippen LogP contribution in [0.25, 0.3) is 5.82 Å². The molecule has 2 N–H and O–H groups in total. The number of hydrogen-bond donors (Lipinski definition) is 1. The molecule has 0 aromatic carbocycles. The second-order valence-corrected chi connectivity index (χ2v) is 3.38. The van der Waals surface area contributed by atoms with E-state index in [1.54, 1.807) is 12.1 Å². The Balaban J connectivity index is 2.60. The molecule has 2 heterocycles. The second-order valence-electron chi connectivity index (χ2n) is 3.38. The number of amides is 1. The molecule has 0 atom stereocenters. The van der Waals surface area contributed by atoms with Crippen LogP contribution in [0.2, 0.25) is 0 Å². The summed E-state index contributed by atoms with van der Waals surface area (Å²) >= 11 is 0. The summed E-state index contributed by atoms with van der Waals surface area (Å²) in [5.41, 5.74) is 3.45. The Kier molecular flexibility index (Phi) is 2.77. The monoisotopic (exact) mass is 256 g/mol. The molecule has 0 spiro atoms. The Hall–Kier alpha value is -2.38. The van der Waals surface area contributed by atoms with E-state index in [1.807, 2.05) is 0 Å². The van der Waals surface area contributed by atoms with E-state index >= 15 is 0 Å². The quantitative estimate of drug-likeness (QED) is 0.882. The van der Waals surface area contributed by atoms with Gasteiger partial charge in [0.1, 0.15) is 5.69 Å². The van der Waals surface area contributed by atoms with E-state index in [1.165, 1.54) is 12.3 Å². The number of primary amides is 1. The topological polar surface area (TPSA) is 73.8 Å². The molecule has 0 aliphatic heterocycles. The minimum Gasteiger partial charge on any atom is -0.364 e. The summed E-state index contributed by atoms with van der Waals surface area (Å²) in [6, 6.07) is 5.15. The second kappa shape index (κ2) is 4.13. The molecule has 0 aliphatic carbocycles. The van der Waals surface area contributed by atoms with Gasteiger partial charge in [0.15, 0.2) is 11.5 Å². The maximum absolute atomic E-state index is 12.5. The lowest BCUT2D eigenvalue weighted by Gasteiger charge is -2.03. The van der Waals surface area contributed by atoms with Crippen LogP contribution in [0.5, 0.6) is 0 Å². The van der Waals surface area contributed by atoms with Crippen molar-refractivity contribution in [2.24, 2.45) is 5.73 Å². The summed E-state index contributed by atoms with van der Waals surface area (Å²) in [5.74, 6) is -0.926. The first-order valence-electron chi connectivity index (χ1n) is 4.78. The summed E-state index contributed by atoms with van der Waals surface area (Å²) in [4.78, 5) is 14.9. The molecule has 0 saturated carbocycles. The Labute approximate surface area is 99.0 Å². The van der Waals surface area contributed by atoms with Crippen LogP contribution in [-0.4, -0.2) is 20.7 Å². The van der Waals surface area contributed by atoms with Crippen molar-refractivity contribution in [2.75, 3.05) is 0 Å². The molecular weight excluding hydrogens is 249 g/mol. The molecule has 8 heteroatoms. The van der Waals surface area contributed by atoms with E-state index in [0.29, 0.717) is 6.07 Å². The minimum absolute atomic E-state index is 0.0850. The highest BCUT2D eigenvalue weighted by Gasteiger charge is 2.35. The average molecular weight is 256 g/mol. The Morgan fingerprint density at radius 2 is 2.06 bits per heavy atom. The predicted molar refractivity (Wildman–Crippen MR) is 54.9 cm³/mol. The molecule has 5 nitrogen and oxygen atoms in total. The normalized spacial score (nSPS) is 11.5. The minimum atomic E-state index is -4.65. The van der Waals surface area contributed by atoms with E-state index < -0.39 is 17.8 Å². The summed E-state index contributed by atoms with van der Waals surface area (Å²) < 4.78 is 38.3. The summed E-state index contributed by atoms with van der Waals surface area (Å²) in [6.07, 6.45) is -3.28. The number of rotatable bonds is 2. The summed E-state index contributed by atoms with van der Waals surface area (Å²) in [6.45, 7) is 0. The molecule has 2 aromatic rings. The molecule has 0 bridgehead atoms. The van der Waals surface area contributed by atoms with Crippen molar-refractivity contribution >= 4 is 5.91 Å². The molecule has 94 valence electrons. The summed E-state index contributed by atoms with van der Waals surface area (Å²) in [7, 11) is 0. The predicted octanol–water partition coefficient (Wildman–Crippen LogP) is 1.39. The van der Waals surface area contributed by atoms with Gasteiger partial charge < -0.3 is 5.73 Å². The van der Waals surface area contributed by atoms with Gasteiger partial charge in [0.25, 0.3) is 5.91 Å². The third-order valence-corrected chi connectivity index (χ3v) is 2.12. The number of aromatic nitrogens is 3. The van der Waals surface area contributed by atoms with E-state index in [9.17, 15) is 18.0 Å². The van der Waals surface area contributed by atoms with Gasteiger partial charge in [-0.15, -0.1) is 0 Å². The van der Waals surface area contributed by atoms with Crippen molar-refractivity contribution in [3.63, 3.8) is 0 Å². The first-order chi connectivity index (χ1) is 8.39.